The van der Waals surface area contributed by atoms with E-state index in [1.807, 2.05) is 0 Å². The van der Waals surface area contributed by atoms with Crippen LogP contribution < -0.4 is 5.73 Å². The number of benzene rings is 1. The molecule has 0 radical (unpaired) electrons. The Morgan fingerprint density at radius 1 is 1.16 bits per heavy atom. The topological polar surface area (TPSA) is 43.1 Å². The third-order valence-corrected chi connectivity index (χ3v) is 3.79. The minimum atomic E-state index is 0.346. The van der Waals surface area contributed by atoms with Crippen molar-refractivity contribution in [3.8, 4) is 0 Å². The Bertz CT molecular complexity index is 414. The van der Waals surface area contributed by atoms with Gasteiger partial charge in [-0.25, -0.2) is 0 Å². The van der Waals surface area contributed by atoms with Gasteiger partial charge in [0, 0.05) is 12.8 Å². The van der Waals surface area contributed by atoms with E-state index in [1.54, 1.807) is 0 Å². The molecule has 1 aromatic carbocycles. The lowest BCUT2D eigenvalue weighted by molar-refractivity contribution is -0.118. The summed E-state index contributed by atoms with van der Waals surface area (Å²) < 4.78 is 0. The van der Waals surface area contributed by atoms with Gasteiger partial charge in [-0.05, 0) is 62.8 Å². The van der Waals surface area contributed by atoms with Crippen LogP contribution in [0.5, 0.6) is 0 Å². The molecule has 0 aliphatic heterocycles. The third-order valence-electron chi connectivity index (χ3n) is 3.79. The lowest BCUT2D eigenvalue weighted by Crippen LogP contribution is -2.10. The van der Waals surface area contributed by atoms with Crippen LogP contribution in [0.25, 0.3) is 0 Å². The van der Waals surface area contributed by atoms with Gasteiger partial charge in [0.25, 0.3) is 0 Å². The number of ketones is 1. The minimum absolute atomic E-state index is 0.346. The quantitative estimate of drug-likeness (QED) is 0.816. The molecule has 0 amide bonds. The SMILES string of the molecule is Cc1cc(C)c(CC(=O)CCC(C)CCN)c(C)c1. The van der Waals surface area contributed by atoms with Crippen molar-refractivity contribution in [2.24, 2.45) is 11.7 Å². The third kappa shape index (κ3) is 5.15. The lowest BCUT2D eigenvalue weighted by Gasteiger charge is -2.12. The molecule has 1 aromatic rings. The van der Waals surface area contributed by atoms with Crippen LogP contribution in [-0.4, -0.2) is 12.3 Å². The van der Waals surface area contributed by atoms with Crippen LogP contribution >= 0.6 is 0 Å². The van der Waals surface area contributed by atoms with Gasteiger partial charge < -0.3 is 5.73 Å². The van der Waals surface area contributed by atoms with Crippen LogP contribution in [-0.2, 0) is 11.2 Å². The number of aryl methyl sites for hydroxylation is 3. The molecule has 0 aliphatic rings. The predicted octanol–water partition coefficient (Wildman–Crippen LogP) is 3.49. The number of rotatable bonds is 7. The number of carbonyl (C=O) groups excluding carboxylic acids is 1. The van der Waals surface area contributed by atoms with E-state index in [9.17, 15) is 4.79 Å². The van der Waals surface area contributed by atoms with Crippen LogP contribution in [0.4, 0.5) is 0 Å². The van der Waals surface area contributed by atoms with Crippen molar-refractivity contribution < 1.29 is 4.79 Å². The monoisotopic (exact) mass is 261 g/mol. The number of carbonyl (C=O) groups is 1. The van der Waals surface area contributed by atoms with E-state index in [0.29, 0.717) is 31.1 Å². The van der Waals surface area contributed by atoms with Gasteiger partial charge >= 0.3 is 0 Å². The van der Waals surface area contributed by atoms with E-state index in [4.69, 9.17) is 5.73 Å². The molecule has 1 unspecified atom stereocenters. The smallest absolute Gasteiger partial charge is 0.137 e. The maximum atomic E-state index is 12.1. The molecule has 0 saturated heterocycles. The van der Waals surface area contributed by atoms with Crippen LogP contribution in [0.2, 0.25) is 0 Å². The zero-order valence-corrected chi connectivity index (χ0v) is 12.8. The highest BCUT2D eigenvalue weighted by Crippen LogP contribution is 2.19. The summed E-state index contributed by atoms with van der Waals surface area (Å²) in [5.41, 5.74) is 10.5. The van der Waals surface area contributed by atoms with Crippen molar-refractivity contribution in [1.29, 1.82) is 0 Å². The highest BCUT2D eigenvalue weighted by Gasteiger charge is 2.11. The van der Waals surface area contributed by atoms with Crippen molar-refractivity contribution in [3.05, 3.63) is 34.4 Å². The molecule has 0 bridgehead atoms. The second-order valence-electron chi connectivity index (χ2n) is 5.81. The van der Waals surface area contributed by atoms with E-state index in [-0.39, 0.29) is 0 Å². The molecule has 1 rings (SSSR count). The summed E-state index contributed by atoms with van der Waals surface area (Å²) in [7, 11) is 0. The maximum absolute atomic E-state index is 12.1. The summed E-state index contributed by atoms with van der Waals surface area (Å²) in [6, 6.07) is 4.32. The van der Waals surface area contributed by atoms with Crippen LogP contribution in [0.1, 0.15) is 48.4 Å². The Labute approximate surface area is 117 Å². The predicted molar refractivity (Wildman–Crippen MR) is 81.4 cm³/mol. The molecule has 106 valence electrons. The van der Waals surface area contributed by atoms with Gasteiger partial charge in [0.2, 0.25) is 0 Å². The minimum Gasteiger partial charge on any atom is -0.330 e. The van der Waals surface area contributed by atoms with E-state index < -0.39 is 0 Å². The van der Waals surface area contributed by atoms with Crippen molar-refractivity contribution >= 4 is 5.78 Å². The molecule has 2 heteroatoms. The largest absolute Gasteiger partial charge is 0.330 e. The first-order valence-electron chi connectivity index (χ1n) is 7.22. The van der Waals surface area contributed by atoms with Crippen LogP contribution in [0, 0.1) is 26.7 Å². The molecule has 0 spiro atoms. The summed E-state index contributed by atoms with van der Waals surface area (Å²) >= 11 is 0. The Morgan fingerprint density at radius 3 is 2.26 bits per heavy atom. The second kappa shape index (κ2) is 7.44. The number of nitrogens with two attached hydrogens (primary N) is 1. The van der Waals surface area contributed by atoms with E-state index in [0.717, 1.165) is 12.8 Å². The molecular formula is C17H27NO. The first-order chi connectivity index (χ1) is 8.93. The number of hydrogen-bond donors (Lipinski definition) is 1. The summed E-state index contributed by atoms with van der Waals surface area (Å²) in [4.78, 5) is 12.1. The molecule has 0 saturated carbocycles. The fraction of sp³-hybridized carbons (Fsp3) is 0.588. The van der Waals surface area contributed by atoms with Gasteiger partial charge in [-0.15, -0.1) is 0 Å². The molecule has 0 aromatic heterocycles. The average molecular weight is 261 g/mol. The Hall–Kier alpha value is -1.15. The second-order valence-corrected chi connectivity index (χ2v) is 5.81. The molecule has 0 aliphatic carbocycles. The Kier molecular flexibility index (Phi) is 6.23. The zero-order valence-electron chi connectivity index (χ0n) is 12.8. The highest BCUT2D eigenvalue weighted by molar-refractivity contribution is 5.81. The van der Waals surface area contributed by atoms with Crippen LogP contribution in [0.15, 0.2) is 12.1 Å². The van der Waals surface area contributed by atoms with Gasteiger partial charge in [0.05, 0.1) is 0 Å². The van der Waals surface area contributed by atoms with Gasteiger partial charge in [-0.2, -0.15) is 0 Å². The van der Waals surface area contributed by atoms with E-state index in [2.05, 4.69) is 39.8 Å². The Morgan fingerprint density at radius 2 is 1.74 bits per heavy atom. The molecule has 0 fully saturated rings. The highest BCUT2D eigenvalue weighted by atomic mass is 16.1. The van der Waals surface area contributed by atoms with Crippen molar-refractivity contribution in [1.82, 2.24) is 0 Å². The average Bonchev–Trinajstić information content (AvgIpc) is 2.31. The first kappa shape index (κ1) is 15.9. The van der Waals surface area contributed by atoms with Gasteiger partial charge in [-0.3, -0.25) is 4.79 Å². The zero-order chi connectivity index (χ0) is 14.4. The molecule has 2 N–H and O–H groups in total. The van der Waals surface area contributed by atoms with Gasteiger partial charge in [0.15, 0.2) is 0 Å². The molecule has 1 atom stereocenters. The lowest BCUT2D eigenvalue weighted by atomic mass is 9.93. The van der Waals surface area contributed by atoms with E-state index >= 15 is 0 Å². The summed E-state index contributed by atoms with van der Waals surface area (Å²) in [5, 5.41) is 0. The summed E-state index contributed by atoms with van der Waals surface area (Å²) in [6.07, 6.45) is 3.22. The van der Waals surface area contributed by atoms with Crippen LogP contribution in [0.3, 0.4) is 0 Å². The fourth-order valence-corrected chi connectivity index (χ4v) is 2.61. The summed E-state index contributed by atoms with van der Waals surface area (Å²) in [6.45, 7) is 9.17. The van der Waals surface area contributed by atoms with Crippen molar-refractivity contribution in [2.75, 3.05) is 6.54 Å². The normalized spacial score (nSPS) is 12.5. The molecule has 0 heterocycles. The van der Waals surface area contributed by atoms with E-state index in [1.165, 1.54) is 22.3 Å². The molecule has 2 nitrogen and oxygen atoms in total. The fourth-order valence-electron chi connectivity index (χ4n) is 2.61. The van der Waals surface area contributed by atoms with Crippen molar-refractivity contribution in [2.45, 2.75) is 53.4 Å². The summed E-state index contributed by atoms with van der Waals surface area (Å²) in [5.74, 6) is 0.896. The molecular weight excluding hydrogens is 234 g/mol. The van der Waals surface area contributed by atoms with Crippen molar-refractivity contribution in [3.63, 3.8) is 0 Å². The molecule has 19 heavy (non-hydrogen) atoms. The standard InChI is InChI=1S/C17H27NO/c1-12(7-8-18)5-6-16(19)11-17-14(3)9-13(2)10-15(17)4/h9-10,12H,5-8,11,18H2,1-4H3. The van der Waals surface area contributed by atoms with Gasteiger partial charge in [-0.1, -0.05) is 24.6 Å². The van der Waals surface area contributed by atoms with Gasteiger partial charge in [0.1, 0.15) is 5.78 Å². The maximum Gasteiger partial charge on any atom is 0.137 e. The first-order valence-corrected chi connectivity index (χ1v) is 7.22. The number of hydrogen-bond acceptors (Lipinski definition) is 2. The Balaban J connectivity index is 2.58. The number of Topliss-reactive ketones (excluding diaryl/α,β-unsaturated/α-hetero) is 1.